The number of rotatable bonds is 5. The maximum atomic E-state index is 13.4. The van der Waals surface area contributed by atoms with E-state index < -0.39 is 0 Å². The molecule has 3 atom stereocenters. The highest BCUT2D eigenvalue weighted by atomic mass is 35.5. The van der Waals surface area contributed by atoms with E-state index in [1.807, 2.05) is 41.3 Å². The first-order valence-corrected chi connectivity index (χ1v) is 10.4. The van der Waals surface area contributed by atoms with Crippen LogP contribution < -0.4 is 15.5 Å². The summed E-state index contributed by atoms with van der Waals surface area (Å²) in [5.74, 6) is 0.908. The maximum absolute atomic E-state index is 13.4. The highest BCUT2D eigenvalue weighted by Gasteiger charge is 2.37. The molecule has 156 valence electrons. The van der Waals surface area contributed by atoms with Crippen molar-refractivity contribution in [2.24, 2.45) is 11.0 Å². The Hall–Kier alpha value is -3.06. The van der Waals surface area contributed by atoms with E-state index in [0.29, 0.717) is 22.8 Å². The number of carbonyl (C=O) groups excluding carboxylic acids is 1. The molecule has 1 unspecified atom stereocenters. The summed E-state index contributed by atoms with van der Waals surface area (Å²) < 4.78 is 6.10. The molecule has 0 aromatic heterocycles. The number of anilines is 2. The minimum absolute atomic E-state index is 0.0427. The van der Waals surface area contributed by atoms with Crippen molar-refractivity contribution in [3.63, 3.8) is 0 Å². The zero-order valence-electron chi connectivity index (χ0n) is 16.6. The molecule has 2 aromatic carbocycles. The summed E-state index contributed by atoms with van der Waals surface area (Å²) in [5.41, 5.74) is 4.92. The quantitative estimate of drug-likeness (QED) is 0.487. The molecule has 0 saturated carbocycles. The second kappa shape index (κ2) is 8.75. The number of para-hydroxylation sites is 1. The Labute approximate surface area is 180 Å². The van der Waals surface area contributed by atoms with Crippen LogP contribution >= 0.6 is 11.6 Å². The zero-order valence-corrected chi connectivity index (χ0v) is 17.4. The van der Waals surface area contributed by atoms with Gasteiger partial charge >= 0.3 is 0 Å². The summed E-state index contributed by atoms with van der Waals surface area (Å²) in [6.45, 7) is 2.67. The Kier molecular flexibility index (Phi) is 5.90. The number of halogens is 1. The molecule has 8 heteroatoms. The number of amides is 1. The van der Waals surface area contributed by atoms with Crippen LogP contribution in [0.15, 0.2) is 47.6 Å². The molecule has 2 aliphatic rings. The fourth-order valence-electron chi connectivity index (χ4n) is 3.98. The molecule has 1 fully saturated rings. The largest absolute Gasteiger partial charge is 0.468 e. The number of likely N-dealkylation sites (tertiary alicyclic amines) is 1. The van der Waals surface area contributed by atoms with Gasteiger partial charge in [-0.25, -0.2) is 0 Å². The molecule has 3 N–H and O–H groups in total. The molecule has 0 aliphatic carbocycles. The Bertz CT molecular complexity index is 980. The van der Waals surface area contributed by atoms with Gasteiger partial charge in [-0.3, -0.25) is 10.2 Å². The van der Waals surface area contributed by atoms with E-state index in [2.05, 4.69) is 22.8 Å². The Morgan fingerprint density at radius 1 is 1.33 bits per heavy atom. The smallest absolute Gasteiger partial charge is 0.256 e. The van der Waals surface area contributed by atoms with Crippen molar-refractivity contribution >= 4 is 41.3 Å². The van der Waals surface area contributed by atoms with Crippen molar-refractivity contribution in [1.29, 1.82) is 5.41 Å². The first-order valence-electron chi connectivity index (χ1n) is 9.97. The van der Waals surface area contributed by atoms with Gasteiger partial charge in [0.2, 0.25) is 0 Å². The van der Waals surface area contributed by atoms with Crippen LogP contribution in [0.3, 0.4) is 0 Å². The van der Waals surface area contributed by atoms with Gasteiger partial charge in [0.05, 0.1) is 23.2 Å². The van der Waals surface area contributed by atoms with Crippen LogP contribution in [-0.4, -0.2) is 42.1 Å². The van der Waals surface area contributed by atoms with Gasteiger partial charge < -0.3 is 20.4 Å². The predicted octanol–water partition coefficient (Wildman–Crippen LogP) is 4.46. The first-order chi connectivity index (χ1) is 14.6. The van der Waals surface area contributed by atoms with Gasteiger partial charge in [-0.1, -0.05) is 23.7 Å². The Morgan fingerprint density at radius 2 is 2.17 bits per heavy atom. The van der Waals surface area contributed by atoms with E-state index >= 15 is 0 Å². The van der Waals surface area contributed by atoms with Crippen LogP contribution in [0.25, 0.3) is 0 Å². The van der Waals surface area contributed by atoms with E-state index in [-0.39, 0.29) is 24.1 Å². The molecule has 4 rings (SSSR count). The standard InChI is InChI=1S/C22H24ClN5O2/c1-14-6-7-15(21-26-19-12-16(23)8-9-20(19)30-21)13-28(14)22(29)17-4-2-3-5-18(17)27-25-11-10-24/h2-5,8-12,14-15,21,24,26-27H,6-7,13H2,1H3/b24-10?,25-11-/t14-,15-,21?/m1/s1. The van der Waals surface area contributed by atoms with Crippen molar-refractivity contribution in [1.82, 2.24) is 4.90 Å². The van der Waals surface area contributed by atoms with Crippen LogP contribution in [0, 0.1) is 11.3 Å². The van der Waals surface area contributed by atoms with Crippen LogP contribution in [0.1, 0.15) is 30.1 Å². The molecule has 2 heterocycles. The molecule has 0 bridgehead atoms. The lowest BCUT2D eigenvalue weighted by atomic mass is 9.91. The van der Waals surface area contributed by atoms with Crippen molar-refractivity contribution < 1.29 is 9.53 Å². The van der Waals surface area contributed by atoms with E-state index in [1.165, 1.54) is 6.21 Å². The maximum Gasteiger partial charge on any atom is 0.256 e. The second-order valence-electron chi connectivity index (χ2n) is 7.57. The third-order valence-corrected chi connectivity index (χ3v) is 5.83. The monoisotopic (exact) mass is 425 g/mol. The molecule has 0 spiro atoms. The van der Waals surface area contributed by atoms with Crippen LogP contribution in [-0.2, 0) is 0 Å². The Balaban J connectivity index is 1.50. The molecule has 2 aliphatic heterocycles. The summed E-state index contributed by atoms with van der Waals surface area (Å²) in [4.78, 5) is 15.3. The lowest BCUT2D eigenvalue weighted by Crippen LogP contribution is -2.50. The summed E-state index contributed by atoms with van der Waals surface area (Å²) in [6.07, 6.45) is 4.08. The number of benzene rings is 2. The normalized spacial score (nSPS) is 22.9. The lowest BCUT2D eigenvalue weighted by molar-refractivity contribution is 0.0419. The van der Waals surface area contributed by atoms with Gasteiger partial charge in [0, 0.05) is 29.7 Å². The molecular formula is C22H24ClN5O2. The molecule has 1 saturated heterocycles. The predicted molar refractivity (Wildman–Crippen MR) is 120 cm³/mol. The minimum Gasteiger partial charge on any atom is -0.468 e. The summed E-state index contributed by atoms with van der Waals surface area (Å²) in [5, 5.41) is 15.1. The number of ether oxygens (including phenoxy) is 1. The first kappa shape index (κ1) is 20.2. The Morgan fingerprint density at radius 3 is 3.00 bits per heavy atom. The molecule has 1 amide bonds. The number of nitrogens with zero attached hydrogens (tertiary/aromatic N) is 2. The molecule has 30 heavy (non-hydrogen) atoms. The number of hydrogen-bond donors (Lipinski definition) is 3. The van der Waals surface area contributed by atoms with Crippen LogP contribution in [0.4, 0.5) is 11.4 Å². The summed E-state index contributed by atoms with van der Waals surface area (Å²) in [7, 11) is 0. The van der Waals surface area contributed by atoms with E-state index in [4.69, 9.17) is 21.7 Å². The van der Waals surface area contributed by atoms with Gasteiger partial charge in [0.25, 0.3) is 5.91 Å². The molecule has 7 nitrogen and oxygen atoms in total. The van der Waals surface area contributed by atoms with Crippen molar-refractivity contribution in [3.05, 3.63) is 53.1 Å². The fraction of sp³-hybridized carbons (Fsp3) is 0.318. The van der Waals surface area contributed by atoms with Crippen LogP contribution in [0.2, 0.25) is 5.02 Å². The number of hydrogen-bond acceptors (Lipinski definition) is 6. The van der Waals surface area contributed by atoms with Gasteiger partial charge in [0.1, 0.15) is 5.75 Å². The zero-order chi connectivity index (χ0) is 21.1. The lowest BCUT2D eigenvalue weighted by Gasteiger charge is -2.40. The van der Waals surface area contributed by atoms with E-state index in [0.717, 1.165) is 30.5 Å². The average Bonchev–Trinajstić information content (AvgIpc) is 3.17. The number of hydrazone groups is 1. The average molecular weight is 426 g/mol. The third kappa shape index (κ3) is 4.11. The number of nitrogens with one attached hydrogen (secondary N) is 3. The van der Waals surface area contributed by atoms with Crippen molar-refractivity contribution in [2.75, 3.05) is 17.3 Å². The summed E-state index contributed by atoms with van der Waals surface area (Å²) in [6, 6.07) is 13.0. The number of fused-ring (bicyclic) bond motifs is 1. The number of piperidine rings is 1. The van der Waals surface area contributed by atoms with E-state index in [1.54, 1.807) is 6.07 Å². The third-order valence-electron chi connectivity index (χ3n) is 5.59. The van der Waals surface area contributed by atoms with E-state index in [9.17, 15) is 4.79 Å². The highest BCUT2D eigenvalue weighted by molar-refractivity contribution is 6.31. The summed E-state index contributed by atoms with van der Waals surface area (Å²) >= 11 is 6.09. The highest BCUT2D eigenvalue weighted by Crippen LogP contribution is 2.38. The minimum atomic E-state index is -0.188. The SMILES string of the molecule is C[C@@H]1CC[C@@H](C2Nc3cc(Cl)ccc3O2)CN1C(=O)c1ccccc1N/N=C\C=N. The van der Waals surface area contributed by atoms with Gasteiger partial charge in [-0.05, 0) is 50.1 Å². The second-order valence-corrected chi connectivity index (χ2v) is 8.01. The van der Waals surface area contributed by atoms with Crippen molar-refractivity contribution in [3.8, 4) is 5.75 Å². The molecular weight excluding hydrogens is 402 g/mol. The number of carbonyl (C=O) groups is 1. The van der Waals surface area contributed by atoms with Gasteiger partial charge in [-0.2, -0.15) is 5.10 Å². The molecule has 0 radical (unpaired) electrons. The van der Waals surface area contributed by atoms with Crippen molar-refractivity contribution in [2.45, 2.75) is 32.0 Å². The van der Waals surface area contributed by atoms with Gasteiger partial charge in [0.15, 0.2) is 6.23 Å². The topological polar surface area (TPSA) is 89.8 Å². The van der Waals surface area contributed by atoms with Gasteiger partial charge in [-0.15, -0.1) is 0 Å². The molecule has 2 aromatic rings. The fourth-order valence-corrected chi connectivity index (χ4v) is 4.15. The van der Waals surface area contributed by atoms with Crippen LogP contribution in [0.5, 0.6) is 5.75 Å².